The highest BCUT2D eigenvalue weighted by atomic mass is 16.5. The molecule has 2 aliphatic rings. The van der Waals surface area contributed by atoms with Crippen LogP contribution in [0.15, 0.2) is 48.5 Å². The zero-order valence-corrected chi connectivity index (χ0v) is 15.9. The molecule has 0 spiro atoms. The van der Waals surface area contributed by atoms with Crippen molar-refractivity contribution in [2.45, 2.75) is 25.4 Å². The minimum absolute atomic E-state index is 0.180. The van der Waals surface area contributed by atoms with Crippen LogP contribution in [0, 0.1) is 0 Å². The fourth-order valence-electron chi connectivity index (χ4n) is 4.52. The number of H-pyrrole nitrogens is 1. The second kappa shape index (κ2) is 5.86. The molecule has 0 saturated carbocycles. The van der Waals surface area contributed by atoms with Crippen LogP contribution < -0.4 is 4.74 Å². The lowest BCUT2D eigenvalue weighted by molar-refractivity contribution is -0.133. The molecule has 2 aromatic carbocycles. The lowest BCUT2D eigenvalue weighted by Gasteiger charge is -2.36. The van der Waals surface area contributed by atoms with Crippen LogP contribution in [0.2, 0.25) is 0 Å². The number of aromatic amines is 1. The van der Waals surface area contributed by atoms with Crippen molar-refractivity contribution in [3.63, 3.8) is 0 Å². The molecule has 142 valence electrons. The number of methoxy groups -OCH3 is 1. The molecule has 3 heterocycles. The van der Waals surface area contributed by atoms with E-state index in [0.29, 0.717) is 6.54 Å². The Balaban J connectivity index is 1.54. The lowest BCUT2D eigenvalue weighted by Crippen LogP contribution is -2.48. The van der Waals surface area contributed by atoms with Crippen molar-refractivity contribution in [3.05, 3.63) is 65.4 Å². The summed E-state index contributed by atoms with van der Waals surface area (Å²) in [5, 5.41) is 1.13. The number of carbonyl (C=O) groups excluding carboxylic acids is 2. The number of imide groups is 1. The molecule has 0 bridgehead atoms. The third-order valence-corrected chi connectivity index (χ3v) is 6.05. The molecule has 5 rings (SSSR count). The predicted molar refractivity (Wildman–Crippen MR) is 105 cm³/mol. The molecule has 0 radical (unpaired) electrons. The number of fused-ring (bicyclic) bond motifs is 5. The van der Waals surface area contributed by atoms with Crippen molar-refractivity contribution in [1.82, 2.24) is 14.8 Å². The van der Waals surface area contributed by atoms with Crippen LogP contribution in [0.5, 0.6) is 5.75 Å². The first kappa shape index (κ1) is 16.9. The third kappa shape index (κ3) is 2.14. The minimum Gasteiger partial charge on any atom is -0.497 e. The van der Waals surface area contributed by atoms with E-state index in [1.807, 2.05) is 49.4 Å². The third-order valence-electron chi connectivity index (χ3n) is 6.05. The second-order valence-electron chi connectivity index (χ2n) is 7.52. The van der Waals surface area contributed by atoms with Gasteiger partial charge in [0, 0.05) is 17.4 Å². The molecule has 3 amide bonds. The number of ether oxygens (including phenoxy) is 1. The maximum absolute atomic E-state index is 13.5. The van der Waals surface area contributed by atoms with Crippen LogP contribution in [0.25, 0.3) is 10.9 Å². The van der Waals surface area contributed by atoms with Gasteiger partial charge < -0.3 is 14.6 Å². The fourth-order valence-corrected chi connectivity index (χ4v) is 4.52. The van der Waals surface area contributed by atoms with Gasteiger partial charge in [0.05, 0.1) is 19.3 Å². The van der Waals surface area contributed by atoms with Gasteiger partial charge >= 0.3 is 6.03 Å². The molecule has 0 unspecified atom stereocenters. The zero-order chi connectivity index (χ0) is 19.5. The van der Waals surface area contributed by atoms with Crippen LogP contribution >= 0.6 is 0 Å². The van der Waals surface area contributed by atoms with Crippen molar-refractivity contribution in [2.75, 3.05) is 13.7 Å². The Morgan fingerprint density at radius 3 is 2.61 bits per heavy atom. The molecular weight excluding hydrogens is 354 g/mol. The molecule has 1 aromatic heterocycles. The van der Waals surface area contributed by atoms with Crippen LogP contribution in [0.4, 0.5) is 4.79 Å². The first-order valence-corrected chi connectivity index (χ1v) is 9.40. The van der Waals surface area contributed by atoms with E-state index in [2.05, 4.69) is 11.1 Å². The maximum atomic E-state index is 13.5. The van der Waals surface area contributed by atoms with Gasteiger partial charge in [-0.15, -0.1) is 0 Å². The van der Waals surface area contributed by atoms with Crippen molar-refractivity contribution in [2.24, 2.45) is 0 Å². The number of aromatic nitrogens is 1. The number of nitrogens with zero attached hydrogens (tertiary/aromatic N) is 2. The Labute approximate surface area is 162 Å². The first-order valence-electron chi connectivity index (χ1n) is 9.40. The SMILES string of the molecule is COc1ccc(CN2C(=O)N3CCc4c([nH]c5ccccc45)[C@]3(C)C2=O)cc1. The minimum atomic E-state index is -0.990. The van der Waals surface area contributed by atoms with Gasteiger partial charge in [0.2, 0.25) is 0 Å². The number of carbonyl (C=O) groups is 2. The Hall–Kier alpha value is -3.28. The molecule has 28 heavy (non-hydrogen) atoms. The normalized spacial score (nSPS) is 21.2. The quantitative estimate of drug-likeness (QED) is 0.714. The van der Waals surface area contributed by atoms with Crippen LogP contribution in [0.3, 0.4) is 0 Å². The molecular formula is C22H21N3O3. The highest BCUT2D eigenvalue weighted by molar-refractivity contribution is 6.08. The Morgan fingerprint density at radius 1 is 1.11 bits per heavy atom. The van der Waals surface area contributed by atoms with E-state index in [1.54, 1.807) is 12.0 Å². The molecule has 6 nitrogen and oxygen atoms in total. The summed E-state index contributed by atoms with van der Waals surface area (Å²) in [6, 6.07) is 15.3. The smallest absolute Gasteiger partial charge is 0.328 e. The molecule has 6 heteroatoms. The molecule has 1 atom stereocenters. The summed E-state index contributed by atoms with van der Waals surface area (Å²) in [7, 11) is 1.61. The van der Waals surface area contributed by atoms with E-state index in [-0.39, 0.29) is 18.5 Å². The van der Waals surface area contributed by atoms with Gasteiger partial charge in [-0.25, -0.2) is 4.79 Å². The summed E-state index contributed by atoms with van der Waals surface area (Å²) in [4.78, 5) is 33.0. The summed E-state index contributed by atoms with van der Waals surface area (Å²) < 4.78 is 5.18. The highest BCUT2D eigenvalue weighted by Crippen LogP contribution is 2.44. The topological polar surface area (TPSA) is 65.6 Å². The van der Waals surface area contributed by atoms with E-state index in [1.165, 1.54) is 4.90 Å². The first-order chi connectivity index (χ1) is 13.5. The number of hydrogen-bond donors (Lipinski definition) is 1. The van der Waals surface area contributed by atoms with Crippen LogP contribution in [0.1, 0.15) is 23.7 Å². The van der Waals surface area contributed by atoms with Gasteiger partial charge in [-0.1, -0.05) is 30.3 Å². The number of rotatable bonds is 3. The highest BCUT2D eigenvalue weighted by Gasteiger charge is 2.58. The summed E-state index contributed by atoms with van der Waals surface area (Å²) in [5.41, 5.74) is 2.89. The van der Waals surface area contributed by atoms with E-state index in [9.17, 15) is 9.59 Å². The average molecular weight is 375 g/mol. The van der Waals surface area contributed by atoms with Crippen molar-refractivity contribution < 1.29 is 14.3 Å². The van der Waals surface area contributed by atoms with Crippen molar-refractivity contribution >= 4 is 22.8 Å². The predicted octanol–water partition coefficient (Wildman–Crippen LogP) is 3.41. The van der Waals surface area contributed by atoms with E-state index in [0.717, 1.165) is 39.9 Å². The molecule has 1 N–H and O–H groups in total. The standard InChI is InChI=1S/C22H21N3O3/c1-22-19-17(16-5-3-4-6-18(16)23-19)11-12-25(22)21(27)24(20(22)26)13-14-7-9-15(28-2)10-8-14/h3-10,23H,11-13H2,1-2H3/t22-/m1/s1. The van der Waals surface area contributed by atoms with E-state index < -0.39 is 5.54 Å². The summed E-state index contributed by atoms with van der Waals surface area (Å²) in [5.74, 6) is 0.566. The number of hydrogen-bond acceptors (Lipinski definition) is 3. The number of urea groups is 1. The van der Waals surface area contributed by atoms with Gasteiger partial charge in [0.1, 0.15) is 5.75 Å². The molecule has 3 aromatic rings. The van der Waals surface area contributed by atoms with E-state index in [4.69, 9.17) is 4.74 Å². The second-order valence-corrected chi connectivity index (χ2v) is 7.52. The summed E-state index contributed by atoms with van der Waals surface area (Å²) in [6.07, 6.45) is 0.740. The number of nitrogens with one attached hydrogen (secondary N) is 1. The average Bonchev–Trinajstić information content (AvgIpc) is 3.19. The van der Waals surface area contributed by atoms with Crippen LogP contribution in [-0.4, -0.2) is 40.4 Å². The fraction of sp³-hybridized carbons (Fsp3) is 0.273. The van der Waals surface area contributed by atoms with Crippen molar-refractivity contribution in [1.29, 1.82) is 0 Å². The van der Waals surface area contributed by atoms with Gasteiger partial charge in [-0.2, -0.15) is 0 Å². The molecule has 1 saturated heterocycles. The summed E-state index contributed by atoms with van der Waals surface area (Å²) >= 11 is 0. The van der Waals surface area contributed by atoms with Crippen LogP contribution in [-0.2, 0) is 23.3 Å². The molecule has 0 aliphatic carbocycles. The summed E-state index contributed by atoms with van der Waals surface area (Å²) in [6.45, 7) is 2.65. The van der Waals surface area contributed by atoms with Gasteiger partial charge in [0.25, 0.3) is 5.91 Å². The molecule has 2 aliphatic heterocycles. The Bertz CT molecular complexity index is 1100. The largest absolute Gasteiger partial charge is 0.497 e. The monoisotopic (exact) mass is 375 g/mol. The maximum Gasteiger partial charge on any atom is 0.328 e. The zero-order valence-electron chi connectivity index (χ0n) is 15.9. The molecule has 1 fully saturated rings. The van der Waals surface area contributed by atoms with Gasteiger partial charge in [0.15, 0.2) is 5.54 Å². The Morgan fingerprint density at radius 2 is 1.86 bits per heavy atom. The van der Waals surface area contributed by atoms with Gasteiger partial charge in [-0.3, -0.25) is 9.69 Å². The number of para-hydroxylation sites is 1. The van der Waals surface area contributed by atoms with Crippen molar-refractivity contribution in [3.8, 4) is 5.75 Å². The van der Waals surface area contributed by atoms with E-state index >= 15 is 0 Å². The lowest BCUT2D eigenvalue weighted by atomic mass is 9.87. The van der Waals surface area contributed by atoms with Gasteiger partial charge in [-0.05, 0) is 42.7 Å². The Kier molecular flexibility index (Phi) is 3.53. The number of amides is 3. The number of benzene rings is 2.